The summed E-state index contributed by atoms with van der Waals surface area (Å²) in [6, 6.07) is 7.97. The summed E-state index contributed by atoms with van der Waals surface area (Å²) in [7, 11) is 0. The highest BCUT2D eigenvalue weighted by molar-refractivity contribution is 7.98. The van der Waals surface area contributed by atoms with Gasteiger partial charge in [0.1, 0.15) is 5.82 Å². The molecule has 0 fully saturated rings. The summed E-state index contributed by atoms with van der Waals surface area (Å²) in [5.74, 6) is 0.869. The second-order valence-corrected chi connectivity index (χ2v) is 5.87. The Bertz CT molecular complexity index is 841. The lowest BCUT2D eigenvalue weighted by Crippen LogP contribution is -2.11. The molecule has 0 saturated heterocycles. The molecule has 0 radical (unpaired) electrons. The van der Waals surface area contributed by atoms with Crippen molar-refractivity contribution >= 4 is 17.5 Å². The molecule has 0 spiro atoms. The van der Waals surface area contributed by atoms with Crippen molar-refractivity contribution in [3.8, 4) is 0 Å². The summed E-state index contributed by atoms with van der Waals surface area (Å²) in [6.07, 6.45) is 1.71. The lowest BCUT2D eigenvalue weighted by Gasteiger charge is -2.06. The molecule has 0 aliphatic rings. The summed E-state index contributed by atoms with van der Waals surface area (Å²) >= 11 is 1.51. The van der Waals surface area contributed by atoms with Gasteiger partial charge in [0, 0.05) is 17.5 Å². The van der Waals surface area contributed by atoms with Crippen LogP contribution in [0.15, 0.2) is 40.3 Å². The third kappa shape index (κ3) is 3.04. The number of rotatable bonds is 5. The number of halogens is 1. The Morgan fingerprint density at radius 3 is 2.77 bits per heavy atom. The highest BCUT2D eigenvalue weighted by atomic mass is 32.2. The highest BCUT2D eigenvalue weighted by Gasteiger charge is 2.11. The zero-order chi connectivity index (χ0) is 15.5. The maximum absolute atomic E-state index is 12.9. The molecule has 22 heavy (non-hydrogen) atoms. The molecule has 0 atom stereocenters. The number of nitrogens with one attached hydrogen (secondary N) is 1. The van der Waals surface area contributed by atoms with Crippen molar-refractivity contribution in [3.05, 3.63) is 57.8 Å². The van der Waals surface area contributed by atoms with E-state index in [1.165, 1.54) is 23.9 Å². The van der Waals surface area contributed by atoms with Crippen LogP contribution in [0, 0.1) is 5.82 Å². The van der Waals surface area contributed by atoms with Gasteiger partial charge in [0.2, 0.25) is 5.78 Å². The number of thioether (sulfide) groups is 1. The van der Waals surface area contributed by atoms with Crippen molar-refractivity contribution in [1.29, 1.82) is 0 Å². The average Bonchev–Trinajstić information content (AvgIpc) is 2.90. The van der Waals surface area contributed by atoms with E-state index in [-0.39, 0.29) is 11.4 Å². The van der Waals surface area contributed by atoms with Gasteiger partial charge in [-0.1, -0.05) is 37.2 Å². The molecule has 0 amide bonds. The van der Waals surface area contributed by atoms with Crippen molar-refractivity contribution < 1.29 is 4.39 Å². The maximum Gasteiger partial charge on any atom is 0.252 e. The standard InChI is InChI=1S/C15H15FN4OS/c1-2-3-12-8-13(21)17-14-18-19-15(20(12)14)22-9-10-4-6-11(16)7-5-10/h4-8H,2-3,9H2,1H3,(H,17,18,21). The fourth-order valence-corrected chi connectivity index (χ4v) is 3.15. The number of aromatic nitrogens is 4. The predicted octanol–water partition coefficient (Wildman–Crippen LogP) is 2.80. The molecule has 1 N–H and O–H groups in total. The van der Waals surface area contributed by atoms with Gasteiger partial charge in [0.25, 0.3) is 5.56 Å². The molecule has 2 aromatic heterocycles. The van der Waals surface area contributed by atoms with Crippen LogP contribution in [-0.4, -0.2) is 19.6 Å². The second-order valence-electron chi connectivity index (χ2n) is 4.93. The Labute approximate surface area is 130 Å². The number of aryl methyl sites for hydroxylation is 1. The minimum absolute atomic E-state index is 0.168. The van der Waals surface area contributed by atoms with Gasteiger partial charge >= 0.3 is 0 Å². The molecule has 114 valence electrons. The predicted molar refractivity (Wildman–Crippen MR) is 83.6 cm³/mol. The molecule has 0 unspecified atom stereocenters. The number of aromatic amines is 1. The van der Waals surface area contributed by atoms with Gasteiger partial charge in [-0.05, 0) is 24.1 Å². The van der Waals surface area contributed by atoms with Crippen LogP contribution >= 0.6 is 11.8 Å². The van der Waals surface area contributed by atoms with E-state index < -0.39 is 0 Å². The topological polar surface area (TPSA) is 63.0 Å². The van der Waals surface area contributed by atoms with Crippen molar-refractivity contribution in [2.75, 3.05) is 0 Å². The summed E-state index contributed by atoms with van der Waals surface area (Å²) in [5.41, 5.74) is 1.73. The minimum Gasteiger partial charge on any atom is -0.291 e. The smallest absolute Gasteiger partial charge is 0.252 e. The van der Waals surface area contributed by atoms with Crippen LogP contribution in [0.2, 0.25) is 0 Å². The third-order valence-electron chi connectivity index (χ3n) is 3.24. The van der Waals surface area contributed by atoms with Crippen molar-refractivity contribution in [1.82, 2.24) is 19.6 Å². The van der Waals surface area contributed by atoms with E-state index >= 15 is 0 Å². The Hall–Kier alpha value is -2.15. The first-order valence-electron chi connectivity index (χ1n) is 7.02. The first kappa shape index (κ1) is 14.8. The monoisotopic (exact) mass is 318 g/mol. The molecule has 2 heterocycles. The van der Waals surface area contributed by atoms with Crippen molar-refractivity contribution in [3.63, 3.8) is 0 Å². The molecule has 5 nitrogen and oxygen atoms in total. The van der Waals surface area contributed by atoms with E-state index in [2.05, 4.69) is 22.1 Å². The average molecular weight is 318 g/mol. The molecule has 3 aromatic rings. The van der Waals surface area contributed by atoms with Crippen LogP contribution in [-0.2, 0) is 12.2 Å². The van der Waals surface area contributed by atoms with Crippen LogP contribution < -0.4 is 5.56 Å². The van der Waals surface area contributed by atoms with Gasteiger partial charge < -0.3 is 0 Å². The van der Waals surface area contributed by atoms with Crippen LogP contribution in [0.4, 0.5) is 4.39 Å². The molecule has 1 aromatic carbocycles. The van der Waals surface area contributed by atoms with E-state index in [0.717, 1.165) is 29.3 Å². The highest BCUT2D eigenvalue weighted by Crippen LogP contribution is 2.22. The summed E-state index contributed by atoms with van der Waals surface area (Å²) in [4.78, 5) is 14.3. The Balaban J connectivity index is 1.90. The van der Waals surface area contributed by atoms with Gasteiger partial charge in [-0.2, -0.15) is 0 Å². The fourth-order valence-electron chi connectivity index (χ4n) is 2.23. The number of hydrogen-bond acceptors (Lipinski definition) is 4. The zero-order valence-electron chi connectivity index (χ0n) is 12.0. The van der Waals surface area contributed by atoms with Gasteiger partial charge in [0.15, 0.2) is 5.16 Å². The lowest BCUT2D eigenvalue weighted by atomic mass is 10.2. The molecular weight excluding hydrogens is 303 g/mol. The summed E-state index contributed by atoms with van der Waals surface area (Å²) < 4.78 is 14.8. The zero-order valence-corrected chi connectivity index (χ0v) is 12.9. The summed E-state index contributed by atoms with van der Waals surface area (Å²) in [6.45, 7) is 2.06. The molecular formula is C15H15FN4OS. The van der Waals surface area contributed by atoms with Gasteiger partial charge in [-0.25, -0.2) is 4.39 Å². The SMILES string of the molecule is CCCc1cc(=O)[nH]c2nnc(SCc3ccc(F)cc3)n12. The Morgan fingerprint density at radius 2 is 2.05 bits per heavy atom. The first-order chi connectivity index (χ1) is 10.7. The number of benzene rings is 1. The second kappa shape index (κ2) is 6.31. The van der Waals surface area contributed by atoms with Crippen LogP contribution in [0.25, 0.3) is 5.78 Å². The van der Waals surface area contributed by atoms with Gasteiger partial charge in [-0.15, -0.1) is 10.2 Å². The number of nitrogens with zero attached hydrogens (tertiary/aromatic N) is 3. The Morgan fingerprint density at radius 1 is 1.27 bits per heavy atom. The molecule has 0 aliphatic heterocycles. The largest absolute Gasteiger partial charge is 0.291 e. The van der Waals surface area contributed by atoms with Gasteiger partial charge in [0.05, 0.1) is 0 Å². The lowest BCUT2D eigenvalue weighted by molar-refractivity contribution is 0.627. The molecule has 0 bridgehead atoms. The van der Waals surface area contributed by atoms with E-state index in [9.17, 15) is 9.18 Å². The molecule has 3 rings (SSSR count). The van der Waals surface area contributed by atoms with Gasteiger partial charge in [-0.3, -0.25) is 14.2 Å². The third-order valence-corrected chi connectivity index (χ3v) is 4.24. The van der Waals surface area contributed by atoms with Crippen molar-refractivity contribution in [2.24, 2.45) is 0 Å². The first-order valence-corrected chi connectivity index (χ1v) is 8.00. The molecule has 0 aliphatic carbocycles. The summed E-state index contributed by atoms with van der Waals surface area (Å²) in [5, 5.41) is 8.89. The molecule has 7 heteroatoms. The fraction of sp³-hybridized carbons (Fsp3) is 0.267. The van der Waals surface area contributed by atoms with E-state index in [1.807, 2.05) is 4.40 Å². The quantitative estimate of drug-likeness (QED) is 0.735. The van der Waals surface area contributed by atoms with E-state index in [0.29, 0.717) is 11.5 Å². The normalized spacial score (nSPS) is 11.2. The number of H-pyrrole nitrogens is 1. The van der Waals surface area contributed by atoms with Crippen LogP contribution in [0.1, 0.15) is 24.6 Å². The minimum atomic E-state index is -0.246. The number of fused-ring (bicyclic) bond motifs is 1. The Kier molecular flexibility index (Phi) is 4.24. The van der Waals surface area contributed by atoms with Crippen LogP contribution in [0.5, 0.6) is 0 Å². The van der Waals surface area contributed by atoms with E-state index in [1.54, 1.807) is 18.2 Å². The number of hydrogen-bond donors (Lipinski definition) is 1. The maximum atomic E-state index is 12.9. The van der Waals surface area contributed by atoms with E-state index in [4.69, 9.17) is 0 Å². The molecule has 0 saturated carbocycles. The van der Waals surface area contributed by atoms with Crippen molar-refractivity contribution in [2.45, 2.75) is 30.7 Å². The van der Waals surface area contributed by atoms with Crippen LogP contribution in [0.3, 0.4) is 0 Å².